The van der Waals surface area contributed by atoms with Gasteiger partial charge in [-0.05, 0) is 31.5 Å². The molecular weight excluding hydrogens is 268 g/mol. The predicted molar refractivity (Wildman–Crippen MR) is 74.2 cm³/mol. The zero-order valence-corrected chi connectivity index (χ0v) is 12.2. The van der Waals surface area contributed by atoms with Crippen LogP contribution in [0.5, 0.6) is 0 Å². The molecule has 108 valence electrons. The molecule has 1 aliphatic heterocycles. The standard InChI is InChI=1S/C12H17ClO3.C2H4O/c1-3-15-12(14,16-4-2)9-10-5-7-11(13)8-6-10;1-2-3-1/h5-8,14H,3-4,9H2,1-2H3;1-2H2. The predicted octanol–water partition coefficient (Wildman–Crippen LogP) is 2.62. The summed E-state index contributed by atoms with van der Waals surface area (Å²) in [5.41, 5.74) is 0.911. The highest BCUT2D eigenvalue weighted by Gasteiger charge is 2.28. The van der Waals surface area contributed by atoms with Crippen LogP contribution < -0.4 is 0 Å². The second-order valence-corrected chi connectivity index (χ2v) is 4.43. The second kappa shape index (κ2) is 8.51. The van der Waals surface area contributed by atoms with Crippen LogP contribution in [0.25, 0.3) is 0 Å². The van der Waals surface area contributed by atoms with Crippen LogP contribution in [-0.2, 0) is 20.6 Å². The molecule has 0 spiro atoms. The number of hydrogen-bond donors (Lipinski definition) is 1. The van der Waals surface area contributed by atoms with Gasteiger partial charge in [-0.2, -0.15) is 0 Å². The average molecular weight is 289 g/mol. The van der Waals surface area contributed by atoms with E-state index in [2.05, 4.69) is 4.74 Å². The molecule has 2 rings (SSSR count). The summed E-state index contributed by atoms with van der Waals surface area (Å²) in [6, 6.07) is 7.22. The van der Waals surface area contributed by atoms with Crippen molar-refractivity contribution in [3.05, 3.63) is 34.9 Å². The fraction of sp³-hybridized carbons (Fsp3) is 0.571. The van der Waals surface area contributed by atoms with Crippen molar-refractivity contribution in [2.75, 3.05) is 26.4 Å². The topological polar surface area (TPSA) is 51.2 Å². The summed E-state index contributed by atoms with van der Waals surface area (Å²) in [5.74, 6) is -1.54. The van der Waals surface area contributed by atoms with E-state index in [0.29, 0.717) is 18.2 Å². The Morgan fingerprint density at radius 2 is 1.63 bits per heavy atom. The van der Waals surface area contributed by atoms with E-state index in [4.69, 9.17) is 21.1 Å². The Labute approximate surface area is 119 Å². The van der Waals surface area contributed by atoms with E-state index in [1.165, 1.54) is 0 Å². The highest BCUT2D eigenvalue weighted by atomic mass is 35.5. The van der Waals surface area contributed by atoms with Crippen molar-refractivity contribution in [2.24, 2.45) is 0 Å². The molecule has 1 aromatic rings. The minimum absolute atomic E-state index is 0.284. The molecule has 0 aliphatic carbocycles. The van der Waals surface area contributed by atoms with Gasteiger partial charge in [0.05, 0.1) is 19.6 Å². The zero-order valence-electron chi connectivity index (χ0n) is 11.4. The van der Waals surface area contributed by atoms with Gasteiger partial charge in [0.1, 0.15) is 0 Å². The van der Waals surface area contributed by atoms with E-state index in [1.54, 1.807) is 12.1 Å². The van der Waals surface area contributed by atoms with Gasteiger partial charge in [0.15, 0.2) is 0 Å². The van der Waals surface area contributed by atoms with Crippen LogP contribution in [0.1, 0.15) is 19.4 Å². The van der Waals surface area contributed by atoms with Crippen molar-refractivity contribution in [3.8, 4) is 0 Å². The lowest BCUT2D eigenvalue weighted by Gasteiger charge is -2.27. The first-order valence-electron chi connectivity index (χ1n) is 6.42. The van der Waals surface area contributed by atoms with E-state index in [9.17, 15) is 5.11 Å². The van der Waals surface area contributed by atoms with Gasteiger partial charge in [-0.1, -0.05) is 23.7 Å². The van der Waals surface area contributed by atoms with Crippen LogP contribution in [0, 0.1) is 0 Å². The summed E-state index contributed by atoms with van der Waals surface area (Å²) in [4.78, 5) is 0. The van der Waals surface area contributed by atoms with Crippen molar-refractivity contribution in [3.63, 3.8) is 0 Å². The molecule has 1 aliphatic rings. The lowest BCUT2D eigenvalue weighted by Crippen LogP contribution is -2.38. The van der Waals surface area contributed by atoms with Gasteiger partial charge in [-0.15, -0.1) is 0 Å². The quantitative estimate of drug-likeness (QED) is 0.646. The highest BCUT2D eigenvalue weighted by molar-refractivity contribution is 6.30. The zero-order chi connectivity index (χ0) is 14.1. The van der Waals surface area contributed by atoms with Crippen LogP contribution in [0.2, 0.25) is 5.02 Å². The molecule has 1 saturated heterocycles. The van der Waals surface area contributed by atoms with E-state index < -0.39 is 5.97 Å². The molecule has 0 atom stereocenters. The molecule has 1 aromatic carbocycles. The van der Waals surface area contributed by atoms with Gasteiger partial charge >= 0.3 is 0 Å². The molecule has 0 saturated carbocycles. The first-order chi connectivity index (χ1) is 9.09. The number of benzene rings is 1. The van der Waals surface area contributed by atoms with Crippen LogP contribution in [0.3, 0.4) is 0 Å². The molecule has 0 amide bonds. The van der Waals surface area contributed by atoms with Crippen LogP contribution in [0.15, 0.2) is 24.3 Å². The first-order valence-corrected chi connectivity index (χ1v) is 6.80. The van der Waals surface area contributed by atoms with Gasteiger partial charge in [-0.3, -0.25) is 0 Å². The summed E-state index contributed by atoms with van der Waals surface area (Å²) in [5, 5.41) is 10.7. The van der Waals surface area contributed by atoms with E-state index in [-0.39, 0.29) is 6.42 Å². The smallest absolute Gasteiger partial charge is 0.284 e. The van der Waals surface area contributed by atoms with Gasteiger partial charge < -0.3 is 19.3 Å². The summed E-state index contributed by atoms with van der Waals surface area (Å²) < 4.78 is 14.9. The van der Waals surface area contributed by atoms with Crippen molar-refractivity contribution in [1.29, 1.82) is 0 Å². The van der Waals surface area contributed by atoms with Crippen LogP contribution in [0.4, 0.5) is 0 Å². The molecule has 0 unspecified atom stereocenters. The maximum absolute atomic E-state index is 10.1. The average Bonchev–Trinajstić information content (AvgIpc) is 3.20. The SMILES string of the molecule is C1CO1.CCOC(O)(Cc1ccc(Cl)cc1)OCC. The molecule has 19 heavy (non-hydrogen) atoms. The Bertz CT molecular complexity index is 342. The fourth-order valence-electron chi connectivity index (χ4n) is 1.46. The number of epoxide rings is 1. The Kier molecular flexibility index (Phi) is 7.34. The third-order valence-electron chi connectivity index (χ3n) is 2.28. The van der Waals surface area contributed by atoms with Crippen molar-refractivity contribution < 1.29 is 19.3 Å². The summed E-state index contributed by atoms with van der Waals surface area (Å²) >= 11 is 5.78. The molecule has 1 heterocycles. The third-order valence-corrected chi connectivity index (χ3v) is 2.54. The van der Waals surface area contributed by atoms with Gasteiger partial charge in [0.25, 0.3) is 5.97 Å². The van der Waals surface area contributed by atoms with E-state index >= 15 is 0 Å². The number of rotatable bonds is 6. The third kappa shape index (κ3) is 7.50. The van der Waals surface area contributed by atoms with Crippen LogP contribution in [-0.4, -0.2) is 37.5 Å². The number of halogens is 1. The maximum Gasteiger partial charge on any atom is 0.284 e. The monoisotopic (exact) mass is 288 g/mol. The summed E-state index contributed by atoms with van der Waals surface area (Å²) in [7, 11) is 0. The van der Waals surface area contributed by atoms with Gasteiger partial charge in [0.2, 0.25) is 0 Å². The van der Waals surface area contributed by atoms with Gasteiger partial charge in [-0.25, -0.2) is 0 Å². The summed E-state index contributed by atoms with van der Waals surface area (Å²) in [6.45, 7) is 6.41. The Hall–Kier alpha value is -0.650. The largest absolute Gasteiger partial charge is 0.377 e. The Morgan fingerprint density at radius 3 is 2.00 bits per heavy atom. The lowest BCUT2D eigenvalue weighted by atomic mass is 10.1. The molecule has 0 aromatic heterocycles. The second-order valence-electron chi connectivity index (χ2n) is 3.99. The molecule has 4 nitrogen and oxygen atoms in total. The van der Waals surface area contributed by atoms with E-state index in [0.717, 1.165) is 18.8 Å². The van der Waals surface area contributed by atoms with Crippen molar-refractivity contribution >= 4 is 11.6 Å². The van der Waals surface area contributed by atoms with E-state index in [1.807, 2.05) is 26.0 Å². The lowest BCUT2D eigenvalue weighted by molar-refractivity contribution is -0.356. The molecule has 0 radical (unpaired) electrons. The fourth-order valence-corrected chi connectivity index (χ4v) is 1.58. The Morgan fingerprint density at radius 1 is 1.16 bits per heavy atom. The summed E-state index contributed by atoms with van der Waals surface area (Å²) in [6.07, 6.45) is 0.284. The molecule has 0 bridgehead atoms. The number of ether oxygens (including phenoxy) is 3. The minimum atomic E-state index is -1.54. The molecular formula is C14H21ClO4. The minimum Gasteiger partial charge on any atom is -0.377 e. The Balaban J connectivity index is 0.000000524. The van der Waals surface area contributed by atoms with Gasteiger partial charge in [0, 0.05) is 18.2 Å². The van der Waals surface area contributed by atoms with Crippen molar-refractivity contribution in [2.45, 2.75) is 26.2 Å². The first kappa shape index (κ1) is 16.4. The highest BCUT2D eigenvalue weighted by Crippen LogP contribution is 2.18. The molecule has 1 N–H and O–H groups in total. The number of aliphatic hydroxyl groups is 1. The maximum atomic E-state index is 10.1. The normalized spacial score (nSPS) is 13.7. The number of hydrogen-bond acceptors (Lipinski definition) is 4. The molecule has 1 fully saturated rings. The molecule has 5 heteroatoms. The van der Waals surface area contributed by atoms with Crippen molar-refractivity contribution in [1.82, 2.24) is 0 Å². The van der Waals surface area contributed by atoms with Crippen LogP contribution >= 0.6 is 11.6 Å².